The number of halogens is 2. The van der Waals surface area contributed by atoms with Gasteiger partial charge in [-0.3, -0.25) is 9.59 Å². The molecule has 1 heterocycles. The molecule has 1 aliphatic heterocycles. The van der Waals surface area contributed by atoms with Gasteiger partial charge >= 0.3 is 0 Å². The van der Waals surface area contributed by atoms with Crippen LogP contribution in [0.1, 0.15) is 16.8 Å². The van der Waals surface area contributed by atoms with Gasteiger partial charge in [0.2, 0.25) is 12.7 Å². The largest absolute Gasteiger partial charge is 0.454 e. The summed E-state index contributed by atoms with van der Waals surface area (Å²) in [6.07, 6.45) is -0.0403. The van der Waals surface area contributed by atoms with Crippen molar-refractivity contribution in [1.82, 2.24) is 0 Å². The fourth-order valence-corrected chi connectivity index (χ4v) is 2.70. The lowest BCUT2D eigenvalue weighted by molar-refractivity contribution is -0.117. The number of nitrogens with zero attached hydrogens (tertiary/aromatic N) is 1. The van der Waals surface area contributed by atoms with Crippen molar-refractivity contribution in [3.63, 3.8) is 0 Å². The molecule has 0 bridgehead atoms. The van der Waals surface area contributed by atoms with Crippen LogP contribution in [-0.2, 0) is 4.79 Å². The third-order valence-electron chi connectivity index (χ3n) is 3.64. The molecular weight excluding hydrogens is 351 g/mol. The quantitative estimate of drug-likeness (QED) is 0.884. The first-order valence-electron chi connectivity index (χ1n) is 7.40. The van der Waals surface area contributed by atoms with E-state index in [4.69, 9.17) is 26.8 Å². The maximum atomic E-state index is 13.2. The Morgan fingerprint density at radius 3 is 2.60 bits per heavy atom. The highest BCUT2D eigenvalue weighted by molar-refractivity contribution is 6.33. The second-order valence-corrected chi connectivity index (χ2v) is 5.75. The molecule has 25 heavy (non-hydrogen) atoms. The summed E-state index contributed by atoms with van der Waals surface area (Å²) in [4.78, 5) is 25.4. The summed E-state index contributed by atoms with van der Waals surface area (Å²) in [5.74, 6) is -0.664. The van der Waals surface area contributed by atoms with Gasteiger partial charge < -0.3 is 20.1 Å². The number of carbonyl (C=O) groups excluding carboxylic acids is 2. The van der Waals surface area contributed by atoms with Crippen molar-refractivity contribution < 1.29 is 23.5 Å². The van der Waals surface area contributed by atoms with Crippen LogP contribution in [0, 0.1) is 5.82 Å². The molecule has 0 fully saturated rings. The summed E-state index contributed by atoms with van der Waals surface area (Å²) < 4.78 is 23.7. The van der Waals surface area contributed by atoms with Crippen LogP contribution in [0.15, 0.2) is 36.4 Å². The van der Waals surface area contributed by atoms with Crippen molar-refractivity contribution in [2.75, 3.05) is 18.2 Å². The van der Waals surface area contributed by atoms with Crippen molar-refractivity contribution in [2.24, 2.45) is 5.73 Å². The summed E-state index contributed by atoms with van der Waals surface area (Å²) in [6, 6.07) is 8.32. The van der Waals surface area contributed by atoms with Gasteiger partial charge in [0.1, 0.15) is 5.82 Å². The topological polar surface area (TPSA) is 81.9 Å². The molecule has 1 aliphatic rings. The van der Waals surface area contributed by atoms with E-state index in [0.29, 0.717) is 17.2 Å². The Balaban J connectivity index is 1.94. The third-order valence-corrected chi connectivity index (χ3v) is 3.92. The number of nitrogens with two attached hydrogens (primary N) is 1. The van der Waals surface area contributed by atoms with Crippen LogP contribution in [-0.4, -0.2) is 25.2 Å². The van der Waals surface area contributed by atoms with Crippen LogP contribution in [0.4, 0.5) is 10.1 Å². The van der Waals surface area contributed by atoms with E-state index in [-0.39, 0.29) is 30.3 Å². The van der Waals surface area contributed by atoms with Gasteiger partial charge in [-0.15, -0.1) is 0 Å². The second kappa shape index (κ2) is 6.98. The highest BCUT2D eigenvalue weighted by atomic mass is 35.5. The molecule has 0 aliphatic carbocycles. The molecule has 8 heteroatoms. The molecule has 0 aromatic heterocycles. The van der Waals surface area contributed by atoms with Crippen molar-refractivity contribution in [2.45, 2.75) is 6.42 Å². The lowest BCUT2D eigenvalue weighted by atomic mass is 10.1. The predicted molar refractivity (Wildman–Crippen MR) is 89.5 cm³/mol. The van der Waals surface area contributed by atoms with Crippen LogP contribution < -0.4 is 20.1 Å². The Kier molecular flexibility index (Phi) is 4.76. The third kappa shape index (κ3) is 3.66. The maximum Gasteiger partial charge on any atom is 0.258 e. The molecule has 6 nitrogen and oxygen atoms in total. The van der Waals surface area contributed by atoms with Gasteiger partial charge in [-0.25, -0.2) is 4.39 Å². The summed E-state index contributed by atoms with van der Waals surface area (Å²) in [7, 11) is 0. The van der Waals surface area contributed by atoms with Gasteiger partial charge in [-0.05, 0) is 36.4 Å². The molecule has 130 valence electrons. The minimum atomic E-state index is -0.552. The van der Waals surface area contributed by atoms with Gasteiger partial charge in [0.05, 0.1) is 5.02 Å². The van der Waals surface area contributed by atoms with Gasteiger partial charge in [0, 0.05) is 24.2 Å². The Labute approximate surface area is 147 Å². The second-order valence-electron chi connectivity index (χ2n) is 5.34. The normalized spacial score (nSPS) is 12.1. The van der Waals surface area contributed by atoms with Gasteiger partial charge in [-0.2, -0.15) is 0 Å². The fourth-order valence-electron chi connectivity index (χ4n) is 2.44. The molecular formula is C17H14ClFN2O4. The monoisotopic (exact) mass is 364 g/mol. The molecule has 0 unspecified atom stereocenters. The number of rotatable bonds is 5. The van der Waals surface area contributed by atoms with Crippen molar-refractivity contribution in [1.29, 1.82) is 0 Å². The molecule has 3 rings (SSSR count). The highest BCUT2D eigenvalue weighted by Gasteiger charge is 2.24. The number of carbonyl (C=O) groups is 2. The molecule has 0 atom stereocenters. The van der Waals surface area contributed by atoms with Crippen LogP contribution in [0.2, 0.25) is 5.02 Å². The first kappa shape index (κ1) is 17.0. The molecule has 2 aromatic carbocycles. The minimum absolute atomic E-state index is 0.0239. The number of hydrogen-bond donors (Lipinski definition) is 1. The number of anilines is 1. The average molecular weight is 365 g/mol. The Hall–Kier alpha value is -2.80. The minimum Gasteiger partial charge on any atom is -0.454 e. The lowest BCUT2D eigenvalue weighted by Crippen LogP contribution is -2.34. The van der Waals surface area contributed by atoms with Gasteiger partial charge in [0.15, 0.2) is 11.5 Å². The van der Waals surface area contributed by atoms with Gasteiger partial charge in [0.25, 0.3) is 5.91 Å². The van der Waals surface area contributed by atoms with Crippen molar-refractivity contribution >= 4 is 29.1 Å². The number of ether oxygens (including phenoxy) is 2. The number of hydrogen-bond acceptors (Lipinski definition) is 4. The summed E-state index contributed by atoms with van der Waals surface area (Å²) in [5, 5.41) is 0.243. The van der Waals surface area contributed by atoms with E-state index in [1.54, 1.807) is 0 Å². The molecule has 0 saturated heterocycles. The van der Waals surface area contributed by atoms with Gasteiger partial charge in [-0.1, -0.05) is 11.6 Å². The molecule has 2 aromatic rings. The summed E-state index contributed by atoms with van der Waals surface area (Å²) in [6.45, 7) is 0.0713. The highest BCUT2D eigenvalue weighted by Crippen LogP contribution is 2.40. The predicted octanol–water partition coefficient (Wildman–Crippen LogP) is 2.73. The standard InChI is InChI=1S/C17H14ClFN2O4/c18-13-7-10(8-14-16(13)25-9-24-14)17(23)21(6-5-15(20)22)12-3-1-11(19)2-4-12/h1-4,7-8H,5-6,9H2,(H2,20,22). The number of benzene rings is 2. The van der Waals surface area contributed by atoms with E-state index in [1.807, 2.05) is 0 Å². The van der Waals surface area contributed by atoms with Crippen LogP contribution in [0.3, 0.4) is 0 Å². The molecule has 2 amide bonds. The molecule has 0 saturated carbocycles. The summed E-state index contributed by atoms with van der Waals surface area (Å²) in [5.41, 5.74) is 5.87. The Bertz CT molecular complexity index is 826. The van der Waals surface area contributed by atoms with E-state index >= 15 is 0 Å². The van der Waals surface area contributed by atoms with E-state index in [9.17, 15) is 14.0 Å². The zero-order chi connectivity index (χ0) is 18.0. The lowest BCUT2D eigenvalue weighted by Gasteiger charge is -2.22. The fraction of sp³-hybridized carbons (Fsp3) is 0.176. The summed E-state index contributed by atoms with van der Waals surface area (Å²) >= 11 is 6.12. The van der Waals surface area contributed by atoms with E-state index < -0.39 is 17.6 Å². The zero-order valence-corrected chi connectivity index (χ0v) is 13.8. The molecule has 0 radical (unpaired) electrons. The maximum absolute atomic E-state index is 13.2. The Morgan fingerprint density at radius 1 is 1.20 bits per heavy atom. The van der Waals surface area contributed by atoms with Crippen molar-refractivity contribution in [3.05, 3.63) is 52.8 Å². The van der Waals surface area contributed by atoms with E-state index in [0.717, 1.165) is 0 Å². The zero-order valence-electron chi connectivity index (χ0n) is 13.0. The smallest absolute Gasteiger partial charge is 0.258 e. The van der Waals surface area contributed by atoms with Crippen LogP contribution in [0.5, 0.6) is 11.5 Å². The first-order chi connectivity index (χ1) is 12.0. The first-order valence-corrected chi connectivity index (χ1v) is 7.78. The number of fused-ring (bicyclic) bond motifs is 1. The van der Waals surface area contributed by atoms with Crippen molar-refractivity contribution in [3.8, 4) is 11.5 Å². The van der Waals surface area contributed by atoms with E-state index in [2.05, 4.69) is 0 Å². The molecule has 2 N–H and O–H groups in total. The van der Waals surface area contributed by atoms with Crippen LogP contribution in [0.25, 0.3) is 0 Å². The number of primary amides is 1. The molecule has 0 spiro atoms. The average Bonchev–Trinajstić information content (AvgIpc) is 3.05. The van der Waals surface area contributed by atoms with Crippen LogP contribution >= 0.6 is 11.6 Å². The Morgan fingerprint density at radius 2 is 1.92 bits per heavy atom. The SMILES string of the molecule is NC(=O)CCN(C(=O)c1cc(Cl)c2c(c1)OCO2)c1ccc(F)cc1. The number of amides is 2. The van der Waals surface area contributed by atoms with E-state index in [1.165, 1.54) is 41.3 Å².